The standard InChI is InChI=1S/C13H25N5O2S/c1-10-11(12(14)15-16(10)5)21(19,20)18-8-6-17(7-9-18)13(2,3)4/h6-9H2,1-5H3,(H2,14,15). The molecule has 0 unspecified atom stereocenters. The van der Waals surface area contributed by atoms with Gasteiger partial charge in [-0.1, -0.05) is 0 Å². The molecule has 7 nitrogen and oxygen atoms in total. The maximum atomic E-state index is 12.8. The Balaban J connectivity index is 2.23. The summed E-state index contributed by atoms with van der Waals surface area (Å²) in [5, 5.41) is 4.00. The van der Waals surface area contributed by atoms with Gasteiger partial charge in [0.2, 0.25) is 10.0 Å². The van der Waals surface area contributed by atoms with Gasteiger partial charge in [-0.2, -0.15) is 9.40 Å². The lowest BCUT2D eigenvalue weighted by Crippen LogP contribution is -2.54. The van der Waals surface area contributed by atoms with Gasteiger partial charge in [-0.05, 0) is 27.7 Å². The van der Waals surface area contributed by atoms with E-state index >= 15 is 0 Å². The largest absolute Gasteiger partial charge is 0.381 e. The molecular weight excluding hydrogens is 290 g/mol. The highest BCUT2D eigenvalue weighted by atomic mass is 32.2. The fraction of sp³-hybridized carbons (Fsp3) is 0.769. The van der Waals surface area contributed by atoms with Crippen LogP contribution in [-0.4, -0.2) is 59.1 Å². The van der Waals surface area contributed by atoms with Crippen LogP contribution in [0.2, 0.25) is 0 Å². The highest BCUT2D eigenvalue weighted by Gasteiger charge is 2.35. The molecule has 0 saturated carbocycles. The van der Waals surface area contributed by atoms with E-state index in [-0.39, 0.29) is 16.3 Å². The normalized spacial score (nSPS) is 19.1. The maximum Gasteiger partial charge on any atom is 0.248 e. The van der Waals surface area contributed by atoms with E-state index < -0.39 is 10.0 Å². The Labute approximate surface area is 126 Å². The molecule has 0 aliphatic carbocycles. The third-order valence-corrected chi connectivity index (χ3v) is 6.16. The fourth-order valence-corrected chi connectivity index (χ4v) is 4.37. The summed E-state index contributed by atoms with van der Waals surface area (Å²) in [5.74, 6) is 0.0771. The number of aromatic nitrogens is 2. The number of hydrogen-bond acceptors (Lipinski definition) is 5. The molecule has 120 valence electrons. The van der Waals surface area contributed by atoms with Crippen LogP contribution in [0.5, 0.6) is 0 Å². The quantitative estimate of drug-likeness (QED) is 0.855. The monoisotopic (exact) mass is 315 g/mol. The van der Waals surface area contributed by atoms with E-state index in [2.05, 4.69) is 30.8 Å². The summed E-state index contributed by atoms with van der Waals surface area (Å²) in [7, 11) is -1.88. The van der Waals surface area contributed by atoms with E-state index in [0.29, 0.717) is 18.8 Å². The lowest BCUT2D eigenvalue weighted by Gasteiger charge is -2.41. The first-order valence-electron chi connectivity index (χ1n) is 7.09. The minimum absolute atomic E-state index is 0.0547. The summed E-state index contributed by atoms with van der Waals surface area (Å²) in [4.78, 5) is 2.44. The molecule has 0 amide bonds. The van der Waals surface area contributed by atoms with Crippen molar-refractivity contribution in [1.29, 1.82) is 0 Å². The van der Waals surface area contributed by atoms with E-state index in [0.717, 1.165) is 13.1 Å². The first-order chi connectivity index (χ1) is 9.55. The minimum atomic E-state index is -3.57. The number of nitrogens with two attached hydrogens (primary N) is 1. The van der Waals surface area contributed by atoms with Crippen LogP contribution in [0.25, 0.3) is 0 Å². The van der Waals surface area contributed by atoms with Gasteiger partial charge in [-0.15, -0.1) is 0 Å². The van der Waals surface area contributed by atoms with Crippen LogP contribution in [0.15, 0.2) is 4.90 Å². The van der Waals surface area contributed by atoms with Crippen molar-refractivity contribution in [3.8, 4) is 0 Å². The highest BCUT2D eigenvalue weighted by Crippen LogP contribution is 2.27. The van der Waals surface area contributed by atoms with Crippen molar-refractivity contribution in [1.82, 2.24) is 19.0 Å². The molecule has 0 atom stereocenters. The van der Waals surface area contributed by atoms with Gasteiger partial charge in [0.1, 0.15) is 4.90 Å². The number of rotatable bonds is 2. The smallest absolute Gasteiger partial charge is 0.248 e. The van der Waals surface area contributed by atoms with Crippen molar-refractivity contribution in [2.24, 2.45) is 7.05 Å². The minimum Gasteiger partial charge on any atom is -0.381 e. The molecular formula is C13H25N5O2S. The molecule has 0 bridgehead atoms. The van der Waals surface area contributed by atoms with Crippen LogP contribution >= 0.6 is 0 Å². The third-order valence-electron chi connectivity index (χ3n) is 4.09. The molecule has 0 aromatic carbocycles. The summed E-state index contributed by atoms with van der Waals surface area (Å²) >= 11 is 0. The predicted octanol–water partition coefficient (Wildman–Crippen LogP) is 0.416. The molecule has 21 heavy (non-hydrogen) atoms. The SMILES string of the molecule is Cc1c(S(=O)(=O)N2CCN(C(C)(C)C)CC2)c(N)nn1C. The first-order valence-corrected chi connectivity index (χ1v) is 8.53. The first kappa shape index (κ1) is 16.3. The lowest BCUT2D eigenvalue weighted by atomic mass is 10.1. The highest BCUT2D eigenvalue weighted by molar-refractivity contribution is 7.89. The van der Waals surface area contributed by atoms with Crippen molar-refractivity contribution in [3.63, 3.8) is 0 Å². The Kier molecular flexibility index (Phi) is 4.07. The zero-order valence-corrected chi connectivity index (χ0v) is 14.2. The van der Waals surface area contributed by atoms with Crippen LogP contribution in [0.3, 0.4) is 0 Å². The van der Waals surface area contributed by atoms with Gasteiger partial charge in [-0.25, -0.2) is 8.42 Å². The number of aryl methyl sites for hydroxylation is 1. The average Bonchev–Trinajstić information content (AvgIpc) is 2.62. The molecule has 2 rings (SSSR count). The molecule has 1 aromatic rings. The predicted molar refractivity (Wildman–Crippen MR) is 82.4 cm³/mol. The van der Waals surface area contributed by atoms with Crippen LogP contribution in [0.1, 0.15) is 26.5 Å². The molecule has 8 heteroatoms. The van der Waals surface area contributed by atoms with Crippen molar-refractivity contribution in [3.05, 3.63) is 5.69 Å². The van der Waals surface area contributed by atoms with E-state index in [9.17, 15) is 8.42 Å². The zero-order chi connectivity index (χ0) is 16.0. The van der Waals surface area contributed by atoms with Crippen LogP contribution in [-0.2, 0) is 17.1 Å². The maximum absolute atomic E-state index is 12.8. The number of anilines is 1. The van der Waals surface area contributed by atoms with E-state index in [4.69, 9.17) is 5.73 Å². The summed E-state index contributed by atoms with van der Waals surface area (Å²) in [6.07, 6.45) is 0. The number of piperazine rings is 1. The van der Waals surface area contributed by atoms with E-state index in [1.165, 1.54) is 8.99 Å². The van der Waals surface area contributed by atoms with Gasteiger partial charge in [0.05, 0.1) is 5.69 Å². The molecule has 1 aromatic heterocycles. The number of sulfonamides is 1. The summed E-state index contributed by atoms with van der Waals surface area (Å²) in [6.45, 7) is 10.5. The summed E-state index contributed by atoms with van der Waals surface area (Å²) < 4.78 is 28.6. The number of hydrogen-bond donors (Lipinski definition) is 1. The van der Waals surface area contributed by atoms with E-state index in [1.807, 2.05) is 0 Å². The Morgan fingerprint density at radius 3 is 2.05 bits per heavy atom. The van der Waals surface area contributed by atoms with Gasteiger partial charge in [-0.3, -0.25) is 9.58 Å². The third kappa shape index (κ3) is 2.93. The van der Waals surface area contributed by atoms with Crippen molar-refractivity contribution >= 4 is 15.8 Å². The zero-order valence-electron chi connectivity index (χ0n) is 13.4. The molecule has 0 radical (unpaired) electrons. The second-order valence-electron chi connectivity index (χ2n) is 6.49. The van der Waals surface area contributed by atoms with Crippen LogP contribution < -0.4 is 5.73 Å². The van der Waals surface area contributed by atoms with Crippen LogP contribution in [0.4, 0.5) is 5.82 Å². The lowest BCUT2D eigenvalue weighted by molar-refractivity contribution is 0.0922. The van der Waals surface area contributed by atoms with Crippen molar-refractivity contribution < 1.29 is 8.42 Å². The summed E-state index contributed by atoms with van der Waals surface area (Å²) in [6, 6.07) is 0. The Morgan fingerprint density at radius 1 is 1.14 bits per heavy atom. The Hall–Kier alpha value is -1.12. The van der Waals surface area contributed by atoms with Gasteiger partial charge in [0, 0.05) is 38.8 Å². The molecule has 1 fully saturated rings. The number of nitrogens with zero attached hydrogens (tertiary/aromatic N) is 4. The van der Waals surface area contributed by atoms with Crippen molar-refractivity contribution in [2.75, 3.05) is 31.9 Å². The van der Waals surface area contributed by atoms with E-state index in [1.54, 1.807) is 14.0 Å². The van der Waals surface area contributed by atoms with Gasteiger partial charge >= 0.3 is 0 Å². The van der Waals surface area contributed by atoms with Crippen LogP contribution in [0, 0.1) is 6.92 Å². The van der Waals surface area contributed by atoms with Gasteiger partial charge in [0.15, 0.2) is 5.82 Å². The topological polar surface area (TPSA) is 84.5 Å². The second-order valence-corrected chi connectivity index (χ2v) is 8.36. The summed E-state index contributed by atoms with van der Waals surface area (Å²) in [5.41, 5.74) is 6.41. The molecule has 1 saturated heterocycles. The molecule has 2 heterocycles. The molecule has 2 N–H and O–H groups in total. The fourth-order valence-electron chi connectivity index (χ4n) is 2.66. The Bertz CT molecular complexity index is 622. The molecule has 0 spiro atoms. The Morgan fingerprint density at radius 2 is 1.67 bits per heavy atom. The number of nitrogen functional groups attached to an aromatic ring is 1. The van der Waals surface area contributed by atoms with Gasteiger partial charge in [0.25, 0.3) is 0 Å². The van der Waals surface area contributed by atoms with Crippen molar-refractivity contribution in [2.45, 2.75) is 38.1 Å². The average molecular weight is 315 g/mol. The second kappa shape index (κ2) is 5.26. The van der Waals surface area contributed by atoms with Gasteiger partial charge < -0.3 is 5.73 Å². The molecule has 1 aliphatic heterocycles. The molecule has 1 aliphatic rings.